The van der Waals surface area contributed by atoms with Crippen LogP contribution in [0.25, 0.3) is 0 Å². The van der Waals surface area contributed by atoms with Crippen LogP contribution in [0.1, 0.15) is 15.9 Å². The first kappa shape index (κ1) is 15.7. The lowest BCUT2D eigenvalue weighted by atomic mass is 10.2. The van der Waals surface area contributed by atoms with Crippen molar-refractivity contribution in [2.24, 2.45) is 10.2 Å². The molecule has 0 radical (unpaired) electrons. The number of benzene rings is 2. The van der Waals surface area contributed by atoms with Crippen molar-refractivity contribution in [3.8, 4) is 5.75 Å². The van der Waals surface area contributed by atoms with E-state index in [1.54, 1.807) is 18.2 Å². The fourth-order valence-electron chi connectivity index (χ4n) is 1.62. The van der Waals surface area contributed by atoms with Gasteiger partial charge in [-0.1, -0.05) is 12.1 Å². The summed E-state index contributed by atoms with van der Waals surface area (Å²) in [5.41, 5.74) is 2.95. The highest BCUT2D eigenvalue weighted by Gasteiger charge is 2.09. The number of rotatable bonds is 4. The van der Waals surface area contributed by atoms with Gasteiger partial charge in [-0.2, -0.15) is 5.10 Å². The van der Waals surface area contributed by atoms with Crippen molar-refractivity contribution in [2.45, 2.75) is 4.90 Å². The molecule has 0 aliphatic carbocycles. The fourth-order valence-corrected chi connectivity index (χ4v) is 2.13. The van der Waals surface area contributed by atoms with Crippen LogP contribution in [0.3, 0.4) is 0 Å². The zero-order valence-corrected chi connectivity index (χ0v) is 12.1. The number of aromatic hydroxyl groups is 1. The predicted molar refractivity (Wildman–Crippen MR) is 81.0 cm³/mol. The molecule has 22 heavy (non-hydrogen) atoms. The maximum Gasteiger partial charge on any atom is 0.271 e. The van der Waals surface area contributed by atoms with Crippen molar-refractivity contribution in [3.05, 3.63) is 59.7 Å². The standard InChI is InChI=1S/C14H13N3O4S/c15-22(20,21)12-7-5-10(6-8-12)14(19)17-16-9-11-3-1-2-4-13(11)18/h1-9,18H,(H,17,19)(H2,15,20,21). The van der Waals surface area contributed by atoms with Gasteiger partial charge in [0, 0.05) is 11.1 Å². The molecule has 0 aliphatic heterocycles. The van der Waals surface area contributed by atoms with Crippen LogP contribution in [-0.4, -0.2) is 25.6 Å². The second kappa shape index (κ2) is 6.37. The normalized spacial score (nSPS) is 11.5. The van der Waals surface area contributed by atoms with Gasteiger partial charge in [0.25, 0.3) is 5.91 Å². The molecular weight excluding hydrogens is 306 g/mol. The van der Waals surface area contributed by atoms with Gasteiger partial charge in [0.2, 0.25) is 10.0 Å². The minimum Gasteiger partial charge on any atom is -0.507 e. The summed E-state index contributed by atoms with van der Waals surface area (Å²) in [5.74, 6) is -0.481. The maximum atomic E-state index is 11.8. The quantitative estimate of drug-likeness (QED) is 0.570. The molecule has 114 valence electrons. The number of nitrogens with zero attached hydrogens (tertiary/aromatic N) is 1. The van der Waals surface area contributed by atoms with E-state index in [4.69, 9.17) is 5.14 Å². The van der Waals surface area contributed by atoms with Crippen molar-refractivity contribution < 1.29 is 18.3 Å². The Kier molecular flexibility index (Phi) is 4.54. The fraction of sp³-hybridized carbons (Fsp3) is 0. The highest BCUT2D eigenvalue weighted by atomic mass is 32.2. The van der Waals surface area contributed by atoms with E-state index in [9.17, 15) is 18.3 Å². The summed E-state index contributed by atoms with van der Waals surface area (Å²) in [6.07, 6.45) is 1.30. The number of nitrogens with one attached hydrogen (secondary N) is 1. The summed E-state index contributed by atoms with van der Waals surface area (Å²) >= 11 is 0. The van der Waals surface area contributed by atoms with Gasteiger partial charge in [-0.3, -0.25) is 4.79 Å². The molecule has 0 atom stereocenters. The summed E-state index contributed by atoms with van der Waals surface area (Å²) in [7, 11) is -3.79. The number of phenols is 1. The molecule has 4 N–H and O–H groups in total. The Morgan fingerprint density at radius 3 is 2.36 bits per heavy atom. The minimum absolute atomic E-state index is 0.0398. The van der Waals surface area contributed by atoms with E-state index >= 15 is 0 Å². The summed E-state index contributed by atoms with van der Waals surface area (Å²) in [4.78, 5) is 11.7. The number of carbonyl (C=O) groups excluding carboxylic acids is 1. The lowest BCUT2D eigenvalue weighted by Crippen LogP contribution is -2.18. The number of primary sulfonamides is 1. The molecule has 0 saturated heterocycles. The number of carbonyl (C=O) groups is 1. The summed E-state index contributed by atoms with van der Waals surface area (Å²) < 4.78 is 22.2. The molecule has 0 bridgehead atoms. The van der Waals surface area contributed by atoms with Gasteiger partial charge >= 0.3 is 0 Å². The molecule has 2 rings (SSSR count). The van der Waals surface area contributed by atoms with E-state index in [-0.39, 0.29) is 16.2 Å². The van der Waals surface area contributed by atoms with Crippen molar-refractivity contribution in [1.82, 2.24) is 5.43 Å². The lowest BCUT2D eigenvalue weighted by molar-refractivity contribution is 0.0955. The van der Waals surface area contributed by atoms with Crippen molar-refractivity contribution in [2.75, 3.05) is 0 Å². The Hall–Kier alpha value is -2.71. The molecule has 0 aromatic heterocycles. The van der Waals surface area contributed by atoms with Crippen LogP contribution in [-0.2, 0) is 10.0 Å². The topological polar surface area (TPSA) is 122 Å². The third-order valence-electron chi connectivity index (χ3n) is 2.75. The van der Waals surface area contributed by atoms with Crippen molar-refractivity contribution in [1.29, 1.82) is 0 Å². The van der Waals surface area contributed by atoms with Crippen LogP contribution in [0.2, 0.25) is 0 Å². The Morgan fingerprint density at radius 1 is 1.14 bits per heavy atom. The Morgan fingerprint density at radius 2 is 1.77 bits per heavy atom. The number of phenolic OH excluding ortho intramolecular Hbond substituents is 1. The van der Waals surface area contributed by atoms with Crippen LogP contribution < -0.4 is 10.6 Å². The molecule has 0 fully saturated rings. The van der Waals surface area contributed by atoms with Crippen LogP contribution in [0.15, 0.2) is 58.5 Å². The van der Waals surface area contributed by atoms with Crippen LogP contribution >= 0.6 is 0 Å². The summed E-state index contributed by atoms with van der Waals surface area (Å²) in [5, 5.41) is 18.2. The third kappa shape index (κ3) is 3.90. The van der Waals surface area contributed by atoms with E-state index < -0.39 is 15.9 Å². The van der Waals surface area contributed by atoms with Gasteiger partial charge in [-0.15, -0.1) is 0 Å². The molecule has 0 aliphatic rings. The highest BCUT2D eigenvalue weighted by molar-refractivity contribution is 7.89. The Labute approximate surface area is 127 Å². The number of nitrogens with two attached hydrogens (primary N) is 1. The van der Waals surface area contributed by atoms with E-state index in [0.29, 0.717) is 5.56 Å². The van der Waals surface area contributed by atoms with E-state index in [2.05, 4.69) is 10.5 Å². The number of hydrogen-bond donors (Lipinski definition) is 3. The van der Waals surface area contributed by atoms with Crippen molar-refractivity contribution in [3.63, 3.8) is 0 Å². The molecule has 0 spiro atoms. The first-order valence-electron chi connectivity index (χ1n) is 6.12. The zero-order valence-electron chi connectivity index (χ0n) is 11.3. The van der Waals surface area contributed by atoms with Gasteiger partial charge in [-0.25, -0.2) is 19.0 Å². The second-order valence-corrected chi connectivity index (χ2v) is 5.89. The van der Waals surface area contributed by atoms with Crippen LogP contribution in [0.5, 0.6) is 5.75 Å². The SMILES string of the molecule is NS(=O)(=O)c1ccc(C(=O)NN=Cc2ccccc2O)cc1. The second-order valence-electron chi connectivity index (χ2n) is 4.33. The van der Waals surface area contributed by atoms with Gasteiger partial charge < -0.3 is 5.11 Å². The van der Waals surface area contributed by atoms with Gasteiger partial charge in [0.05, 0.1) is 11.1 Å². The Bertz CT molecular complexity index is 814. The monoisotopic (exact) mass is 319 g/mol. The van der Waals surface area contributed by atoms with Gasteiger partial charge in [0.1, 0.15) is 5.75 Å². The summed E-state index contributed by atoms with van der Waals surface area (Å²) in [6, 6.07) is 11.6. The number of para-hydroxylation sites is 1. The molecule has 0 unspecified atom stereocenters. The van der Waals surface area contributed by atoms with E-state index in [0.717, 1.165) is 0 Å². The molecule has 7 nitrogen and oxygen atoms in total. The van der Waals surface area contributed by atoms with Gasteiger partial charge in [-0.05, 0) is 36.4 Å². The number of amides is 1. The molecule has 1 amide bonds. The number of hydrazone groups is 1. The molecule has 0 heterocycles. The van der Waals surface area contributed by atoms with Crippen LogP contribution in [0.4, 0.5) is 0 Å². The van der Waals surface area contributed by atoms with Crippen LogP contribution in [0, 0.1) is 0 Å². The minimum atomic E-state index is -3.79. The largest absolute Gasteiger partial charge is 0.507 e. The molecular formula is C14H13N3O4S. The molecule has 8 heteroatoms. The average Bonchev–Trinajstić information content (AvgIpc) is 2.48. The third-order valence-corrected chi connectivity index (χ3v) is 3.68. The summed E-state index contributed by atoms with van der Waals surface area (Å²) in [6.45, 7) is 0. The van der Waals surface area contributed by atoms with E-state index in [1.807, 2.05) is 0 Å². The Balaban J connectivity index is 2.05. The molecule has 0 saturated carbocycles. The molecule has 2 aromatic rings. The van der Waals surface area contributed by atoms with E-state index in [1.165, 1.54) is 36.5 Å². The van der Waals surface area contributed by atoms with Gasteiger partial charge in [0.15, 0.2) is 0 Å². The first-order chi connectivity index (χ1) is 10.4. The smallest absolute Gasteiger partial charge is 0.271 e. The predicted octanol–water partition coefficient (Wildman–Crippen LogP) is 0.803. The highest BCUT2D eigenvalue weighted by Crippen LogP contribution is 2.12. The lowest BCUT2D eigenvalue weighted by Gasteiger charge is -2.02. The first-order valence-corrected chi connectivity index (χ1v) is 7.67. The zero-order chi connectivity index (χ0) is 16.2. The maximum absolute atomic E-state index is 11.8. The average molecular weight is 319 g/mol. The number of sulfonamides is 1. The molecule has 2 aromatic carbocycles. The van der Waals surface area contributed by atoms with Crippen molar-refractivity contribution >= 4 is 22.1 Å². The number of hydrogen-bond acceptors (Lipinski definition) is 5.